The predicted octanol–water partition coefficient (Wildman–Crippen LogP) is 1.86. The normalized spacial score (nSPS) is 29.8. The van der Waals surface area contributed by atoms with Crippen LogP contribution in [-0.2, 0) is 23.8 Å². The van der Waals surface area contributed by atoms with Gasteiger partial charge in [-0.1, -0.05) is 19.9 Å². The third-order valence-corrected chi connectivity index (χ3v) is 6.26. The number of ether oxygens (including phenoxy) is 3. The summed E-state index contributed by atoms with van der Waals surface area (Å²) in [7, 11) is 1.41. The van der Waals surface area contributed by atoms with Crippen molar-refractivity contribution in [2.45, 2.75) is 64.9 Å². The Bertz CT molecular complexity index is 701. The molecule has 164 valence electrons. The van der Waals surface area contributed by atoms with Crippen molar-refractivity contribution in [3.05, 3.63) is 28.5 Å². The predicted molar refractivity (Wildman–Crippen MR) is 106 cm³/mol. The maximum Gasteiger partial charge on any atom is 0.341 e. The molecule has 0 bridgehead atoms. The number of aliphatic hydroxyl groups is 1. The van der Waals surface area contributed by atoms with Crippen molar-refractivity contribution in [2.75, 3.05) is 26.8 Å². The molecule has 1 unspecified atom stereocenters. The summed E-state index contributed by atoms with van der Waals surface area (Å²) >= 11 is 0. The van der Waals surface area contributed by atoms with E-state index < -0.39 is 46.4 Å². The Labute approximate surface area is 172 Å². The first-order valence-electron chi connectivity index (χ1n) is 10.0. The molecule has 2 heterocycles. The van der Waals surface area contributed by atoms with Crippen LogP contribution in [0.1, 0.15) is 41.0 Å². The molecule has 1 saturated heterocycles. The lowest BCUT2D eigenvalue weighted by Crippen LogP contribution is -2.54. The molecule has 8 nitrogen and oxygen atoms in total. The highest BCUT2D eigenvalue weighted by Crippen LogP contribution is 2.38. The number of fused-ring (bicyclic) bond motifs is 1. The molecule has 5 atom stereocenters. The molecule has 8 heteroatoms. The van der Waals surface area contributed by atoms with Gasteiger partial charge in [-0.25, -0.2) is 9.59 Å². The van der Waals surface area contributed by atoms with Gasteiger partial charge in [0.05, 0.1) is 19.2 Å². The molecule has 1 fully saturated rings. The number of hydrogen-bond acceptors (Lipinski definition) is 7. The number of nitrogens with zero attached hydrogens (tertiary/aromatic N) is 1. The average molecular weight is 411 g/mol. The molecule has 0 radical (unpaired) electrons. The number of esters is 2. The van der Waals surface area contributed by atoms with Crippen molar-refractivity contribution >= 4 is 11.9 Å². The fraction of sp³-hybridized carbons (Fsp3) is 0.714. The third-order valence-electron chi connectivity index (χ3n) is 6.26. The maximum absolute atomic E-state index is 13.1. The Balaban J connectivity index is 2.11. The molecular weight excluding hydrogens is 378 g/mol. The molecule has 1 N–H and O–H groups in total. The summed E-state index contributed by atoms with van der Waals surface area (Å²) in [6, 6.07) is -0.594. The van der Waals surface area contributed by atoms with Crippen molar-refractivity contribution in [3.63, 3.8) is 0 Å². The minimum atomic E-state index is -1.80. The molecule has 2 rings (SSSR count). The van der Waals surface area contributed by atoms with Crippen LogP contribution in [0.5, 0.6) is 0 Å². The minimum Gasteiger partial charge on any atom is -0.632 e. The van der Waals surface area contributed by atoms with E-state index in [1.54, 1.807) is 46.8 Å². The molecular formula is C21H33NO7. The van der Waals surface area contributed by atoms with Crippen LogP contribution in [0.3, 0.4) is 0 Å². The smallest absolute Gasteiger partial charge is 0.341 e. The zero-order valence-electron chi connectivity index (χ0n) is 18.1. The number of rotatable bonds is 8. The fourth-order valence-corrected chi connectivity index (χ4v) is 4.02. The van der Waals surface area contributed by atoms with Gasteiger partial charge in [0.25, 0.3) is 0 Å². The maximum atomic E-state index is 13.1. The second-order valence-electron chi connectivity index (χ2n) is 8.22. The largest absolute Gasteiger partial charge is 0.632 e. The Morgan fingerprint density at radius 1 is 1.41 bits per heavy atom. The molecule has 0 saturated carbocycles. The van der Waals surface area contributed by atoms with Gasteiger partial charge >= 0.3 is 11.9 Å². The lowest BCUT2D eigenvalue weighted by atomic mass is 9.85. The SMILES string of the molecule is C/C=C(/C)C(=O)O[C@H]1CC[N+]2([O-])CC=C(COC(=O)[C@](O)(C(C)C)[C@@H](C)OC)[C@H]12. The number of hydroxylamine groups is 3. The van der Waals surface area contributed by atoms with Gasteiger partial charge in [-0.05, 0) is 32.8 Å². The summed E-state index contributed by atoms with van der Waals surface area (Å²) in [5, 5.41) is 23.9. The monoisotopic (exact) mass is 411 g/mol. The van der Waals surface area contributed by atoms with Crippen LogP contribution in [-0.4, -0.2) is 72.3 Å². The first kappa shape index (κ1) is 23.5. The number of carbonyl (C=O) groups is 2. The summed E-state index contributed by atoms with van der Waals surface area (Å²) in [5.41, 5.74) is -0.702. The van der Waals surface area contributed by atoms with Gasteiger partial charge in [-0.15, -0.1) is 0 Å². The van der Waals surface area contributed by atoms with E-state index in [4.69, 9.17) is 14.2 Å². The van der Waals surface area contributed by atoms with Gasteiger partial charge in [0.15, 0.2) is 17.7 Å². The summed E-state index contributed by atoms with van der Waals surface area (Å²) in [6.45, 7) is 8.88. The molecule has 0 aliphatic carbocycles. The van der Waals surface area contributed by atoms with Crippen molar-refractivity contribution in [2.24, 2.45) is 5.92 Å². The van der Waals surface area contributed by atoms with E-state index in [9.17, 15) is 19.9 Å². The van der Waals surface area contributed by atoms with Crippen LogP contribution in [0.25, 0.3) is 0 Å². The number of hydrogen-bond donors (Lipinski definition) is 1. The van der Waals surface area contributed by atoms with Gasteiger partial charge in [-0.3, -0.25) is 0 Å². The van der Waals surface area contributed by atoms with Crippen molar-refractivity contribution in [3.8, 4) is 0 Å². The second kappa shape index (κ2) is 8.95. The van der Waals surface area contributed by atoms with Crippen LogP contribution in [0.4, 0.5) is 0 Å². The average Bonchev–Trinajstić information content (AvgIpc) is 3.19. The highest BCUT2D eigenvalue weighted by Gasteiger charge is 2.51. The van der Waals surface area contributed by atoms with Crippen LogP contribution < -0.4 is 0 Å². The first-order chi connectivity index (χ1) is 13.5. The van der Waals surface area contributed by atoms with Crippen LogP contribution in [0.2, 0.25) is 0 Å². The van der Waals surface area contributed by atoms with E-state index >= 15 is 0 Å². The third kappa shape index (κ3) is 4.40. The van der Waals surface area contributed by atoms with Gasteiger partial charge in [-0.2, -0.15) is 0 Å². The highest BCUT2D eigenvalue weighted by atomic mass is 16.6. The van der Waals surface area contributed by atoms with Crippen molar-refractivity contribution < 1.29 is 33.6 Å². The standard InChI is InChI=1S/C21H33NO7/c1-7-14(4)19(23)29-17-9-11-22(26)10-8-16(18(17)22)12-28-20(24)21(25,13(2)3)15(5)27-6/h7-8,13,15,17-18,25H,9-12H2,1-6H3/b14-7-/t15-,17+,18-,21+,22?/m1/s1. The van der Waals surface area contributed by atoms with Gasteiger partial charge in [0.1, 0.15) is 6.61 Å². The Morgan fingerprint density at radius 3 is 2.62 bits per heavy atom. The van der Waals surface area contributed by atoms with E-state index in [0.29, 0.717) is 24.1 Å². The molecule has 29 heavy (non-hydrogen) atoms. The molecule has 0 spiro atoms. The van der Waals surface area contributed by atoms with Crippen molar-refractivity contribution in [1.82, 2.24) is 0 Å². The Hall–Kier alpha value is -1.74. The van der Waals surface area contributed by atoms with Crippen LogP contribution >= 0.6 is 0 Å². The Kier molecular flexibility index (Phi) is 7.27. The van der Waals surface area contributed by atoms with Crippen molar-refractivity contribution in [1.29, 1.82) is 0 Å². The van der Waals surface area contributed by atoms with E-state index in [2.05, 4.69) is 0 Å². The molecule has 2 aliphatic rings. The fourth-order valence-electron chi connectivity index (χ4n) is 4.02. The first-order valence-corrected chi connectivity index (χ1v) is 10.0. The molecule has 0 amide bonds. The van der Waals surface area contributed by atoms with E-state index in [1.165, 1.54) is 7.11 Å². The van der Waals surface area contributed by atoms with Gasteiger partial charge < -0.3 is 29.2 Å². The number of methoxy groups -OCH3 is 1. The lowest BCUT2D eigenvalue weighted by Gasteiger charge is -2.40. The summed E-state index contributed by atoms with van der Waals surface area (Å²) in [6.07, 6.45) is 2.55. The molecule has 0 aromatic rings. The second-order valence-corrected chi connectivity index (χ2v) is 8.22. The number of quaternary nitrogens is 1. The minimum absolute atomic E-state index is 0.131. The summed E-state index contributed by atoms with van der Waals surface area (Å²) in [4.78, 5) is 24.8. The van der Waals surface area contributed by atoms with E-state index in [0.717, 1.165) is 0 Å². The zero-order valence-corrected chi connectivity index (χ0v) is 18.1. The highest BCUT2D eigenvalue weighted by molar-refractivity contribution is 5.87. The van der Waals surface area contributed by atoms with Crippen LogP contribution in [0, 0.1) is 11.1 Å². The van der Waals surface area contributed by atoms with E-state index in [-0.39, 0.29) is 13.2 Å². The van der Waals surface area contributed by atoms with Crippen LogP contribution in [0.15, 0.2) is 23.3 Å². The summed E-state index contributed by atoms with van der Waals surface area (Å²) < 4.78 is 15.6. The lowest BCUT2D eigenvalue weighted by molar-refractivity contribution is -0.877. The number of carbonyl (C=O) groups excluding carboxylic acids is 2. The number of allylic oxidation sites excluding steroid dienone is 1. The summed E-state index contributed by atoms with van der Waals surface area (Å²) in [5.74, 6) is -1.67. The quantitative estimate of drug-likeness (QED) is 0.214. The zero-order chi connectivity index (χ0) is 22.0. The van der Waals surface area contributed by atoms with E-state index in [1.807, 2.05) is 0 Å². The molecule has 0 aromatic heterocycles. The molecule has 0 aromatic carbocycles. The Morgan fingerprint density at radius 2 is 2.07 bits per heavy atom. The topological polar surface area (TPSA) is 105 Å². The van der Waals surface area contributed by atoms with Gasteiger partial charge in [0, 0.05) is 24.7 Å². The molecule has 2 aliphatic heterocycles. The van der Waals surface area contributed by atoms with Gasteiger partial charge in [0.2, 0.25) is 0 Å².